The zero-order valence-electron chi connectivity index (χ0n) is 9.70. The molecule has 0 heterocycles. The number of sulfonamides is 1. The summed E-state index contributed by atoms with van der Waals surface area (Å²) in [5.41, 5.74) is 0.488. The van der Waals surface area contributed by atoms with Crippen LogP contribution in [0, 0.1) is 5.92 Å². The van der Waals surface area contributed by atoms with Gasteiger partial charge in [-0.15, -0.1) is 0 Å². The van der Waals surface area contributed by atoms with Crippen LogP contribution in [-0.4, -0.2) is 14.2 Å². The fraction of sp³-hybridized carbons (Fsp3) is 0.455. The van der Waals surface area contributed by atoms with E-state index < -0.39 is 10.0 Å². The molecule has 0 aliphatic carbocycles. The summed E-state index contributed by atoms with van der Waals surface area (Å²) in [7, 11) is -3.28. The van der Waals surface area contributed by atoms with Crippen LogP contribution in [0.1, 0.15) is 20.3 Å². The quantitative estimate of drug-likeness (QED) is 0.884. The molecular formula is C11H15BrClNO2S. The van der Waals surface area contributed by atoms with E-state index in [4.69, 9.17) is 11.6 Å². The fourth-order valence-corrected chi connectivity index (χ4v) is 2.98. The fourth-order valence-electron chi connectivity index (χ4n) is 1.18. The molecule has 0 unspecified atom stereocenters. The van der Waals surface area contributed by atoms with E-state index in [0.717, 1.165) is 4.47 Å². The van der Waals surface area contributed by atoms with Gasteiger partial charge in [0.05, 0.1) is 16.5 Å². The number of halogens is 2. The van der Waals surface area contributed by atoms with Crippen molar-refractivity contribution in [1.82, 2.24) is 0 Å². The number of rotatable bonds is 5. The molecule has 6 heteroatoms. The van der Waals surface area contributed by atoms with Gasteiger partial charge < -0.3 is 0 Å². The smallest absolute Gasteiger partial charge is 0.232 e. The lowest BCUT2D eigenvalue weighted by Crippen LogP contribution is -2.17. The lowest BCUT2D eigenvalue weighted by molar-refractivity contribution is 0.578. The molecule has 1 N–H and O–H groups in total. The van der Waals surface area contributed by atoms with Gasteiger partial charge in [-0.05, 0) is 46.5 Å². The Kier molecular flexibility index (Phi) is 5.28. The molecule has 96 valence electrons. The van der Waals surface area contributed by atoms with E-state index in [-0.39, 0.29) is 5.75 Å². The molecule has 0 aliphatic rings. The van der Waals surface area contributed by atoms with Crippen LogP contribution in [0.4, 0.5) is 5.69 Å². The number of nitrogens with one attached hydrogen (secondary N) is 1. The first kappa shape index (κ1) is 14.8. The SMILES string of the molecule is CC(C)CCS(=O)(=O)Nc1ccc(Br)c(Cl)c1. The first-order valence-electron chi connectivity index (χ1n) is 5.26. The Bertz CT molecular complexity index is 488. The molecule has 17 heavy (non-hydrogen) atoms. The van der Waals surface area contributed by atoms with Crippen molar-refractivity contribution in [3.8, 4) is 0 Å². The molecule has 0 atom stereocenters. The number of anilines is 1. The standard InChI is InChI=1S/C11H15BrClNO2S/c1-8(2)5-6-17(15,16)14-9-3-4-10(12)11(13)7-9/h3-4,7-8,14H,5-6H2,1-2H3. The summed E-state index contributed by atoms with van der Waals surface area (Å²) in [6.45, 7) is 3.98. The van der Waals surface area contributed by atoms with Crippen molar-refractivity contribution in [2.24, 2.45) is 5.92 Å². The first-order chi connectivity index (χ1) is 7.80. The molecular weight excluding hydrogens is 326 g/mol. The Morgan fingerprint density at radius 3 is 2.59 bits per heavy atom. The van der Waals surface area contributed by atoms with Crippen molar-refractivity contribution in [3.05, 3.63) is 27.7 Å². The summed E-state index contributed by atoms with van der Waals surface area (Å²) in [4.78, 5) is 0. The highest BCUT2D eigenvalue weighted by atomic mass is 79.9. The summed E-state index contributed by atoms with van der Waals surface area (Å²) < 4.78 is 26.7. The molecule has 0 aliphatic heterocycles. The second kappa shape index (κ2) is 6.07. The summed E-state index contributed by atoms with van der Waals surface area (Å²) in [5, 5.41) is 0.481. The number of benzene rings is 1. The van der Waals surface area contributed by atoms with Crippen LogP contribution in [0.3, 0.4) is 0 Å². The molecule has 0 radical (unpaired) electrons. The minimum absolute atomic E-state index is 0.123. The lowest BCUT2D eigenvalue weighted by atomic mass is 10.2. The molecule has 1 aromatic rings. The van der Waals surface area contributed by atoms with Gasteiger partial charge in [0.1, 0.15) is 0 Å². The van der Waals surface area contributed by atoms with Crippen LogP contribution >= 0.6 is 27.5 Å². The van der Waals surface area contributed by atoms with E-state index in [9.17, 15) is 8.42 Å². The Hall–Kier alpha value is -0.260. The Morgan fingerprint density at radius 2 is 2.06 bits per heavy atom. The summed E-state index contributed by atoms with van der Waals surface area (Å²) in [6, 6.07) is 4.96. The first-order valence-corrected chi connectivity index (χ1v) is 8.08. The van der Waals surface area contributed by atoms with Gasteiger partial charge in [0.2, 0.25) is 10.0 Å². The molecule has 0 spiro atoms. The predicted molar refractivity (Wildman–Crippen MR) is 76.0 cm³/mol. The Morgan fingerprint density at radius 1 is 1.41 bits per heavy atom. The Balaban J connectivity index is 2.73. The van der Waals surface area contributed by atoms with Gasteiger partial charge in [-0.1, -0.05) is 25.4 Å². The predicted octanol–water partition coefficient (Wildman–Crippen LogP) is 3.89. The highest BCUT2D eigenvalue weighted by Gasteiger charge is 2.12. The largest absolute Gasteiger partial charge is 0.284 e. The van der Waals surface area contributed by atoms with Gasteiger partial charge in [0.25, 0.3) is 0 Å². The molecule has 0 saturated carbocycles. The third-order valence-electron chi connectivity index (χ3n) is 2.16. The maximum atomic E-state index is 11.7. The van der Waals surface area contributed by atoms with Crippen LogP contribution in [-0.2, 0) is 10.0 Å². The minimum atomic E-state index is -3.28. The molecule has 0 bridgehead atoms. The summed E-state index contributed by atoms with van der Waals surface area (Å²) in [6.07, 6.45) is 0.638. The van der Waals surface area contributed by atoms with E-state index >= 15 is 0 Å². The monoisotopic (exact) mass is 339 g/mol. The minimum Gasteiger partial charge on any atom is -0.284 e. The molecule has 0 saturated heterocycles. The normalized spacial score (nSPS) is 11.8. The molecule has 0 amide bonds. The van der Waals surface area contributed by atoms with Gasteiger partial charge in [-0.3, -0.25) is 4.72 Å². The second-order valence-electron chi connectivity index (χ2n) is 4.23. The van der Waals surface area contributed by atoms with Gasteiger partial charge in [-0.25, -0.2) is 8.42 Å². The van der Waals surface area contributed by atoms with Crippen molar-refractivity contribution in [1.29, 1.82) is 0 Å². The van der Waals surface area contributed by atoms with Crippen LogP contribution in [0.15, 0.2) is 22.7 Å². The van der Waals surface area contributed by atoms with E-state index in [1.165, 1.54) is 0 Å². The van der Waals surface area contributed by atoms with Crippen LogP contribution < -0.4 is 4.72 Å². The molecule has 1 rings (SSSR count). The zero-order valence-corrected chi connectivity index (χ0v) is 12.9. The average Bonchev–Trinajstić information content (AvgIpc) is 2.21. The second-order valence-corrected chi connectivity index (χ2v) is 7.34. The number of hydrogen-bond donors (Lipinski definition) is 1. The third-order valence-corrected chi connectivity index (χ3v) is 4.71. The maximum Gasteiger partial charge on any atom is 0.232 e. The highest BCUT2D eigenvalue weighted by Crippen LogP contribution is 2.26. The van der Waals surface area contributed by atoms with Crippen molar-refractivity contribution < 1.29 is 8.42 Å². The van der Waals surface area contributed by atoms with Crippen molar-refractivity contribution in [2.75, 3.05) is 10.5 Å². The van der Waals surface area contributed by atoms with Gasteiger partial charge in [0.15, 0.2) is 0 Å². The topological polar surface area (TPSA) is 46.2 Å². The van der Waals surface area contributed by atoms with E-state index in [0.29, 0.717) is 23.0 Å². The molecule has 1 aromatic carbocycles. The highest BCUT2D eigenvalue weighted by molar-refractivity contribution is 9.10. The van der Waals surface area contributed by atoms with E-state index in [1.807, 2.05) is 13.8 Å². The van der Waals surface area contributed by atoms with Gasteiger partial charge in [0, 0.05) is 4.47 Å². The van der Waals surface area contributed by atoms with E-state index in [1.54, 1.807) is 18.2 Å². The van der Waals surface area contributed by atoms with Crippen molar-refractivity contribution >= 4 is 43.2 Å². The van der Waals surface area contributed by atoms with Gasteiger partial charge >= 0.3 is 0 Å². The van der Waals surface area contributed by atoms with Gasteiger partial charge in [-0.2, -0.15) is 0 Å². The summed E-state index contributed by atoms with van der Waals surface area (Å²) in [5.74, 6) is 0.485. The molecule has 0 fully saturated rings. The maximum absolute atomic E-state index is 11.7. The Labute approximate surface area is 116 Å². The average molecular weight is 341 g/mol. The van der Waals surface area contributed by atoms with Crippen molar-refractivity contribution in [2.45, 2.75) is 20.3 Å². The van der Waals surface area contributed by atoms with E-state index in [2.05, 4.69) is 20.7 Å². The third kappa shape index (κ3) is 5.27. The van der Waals surface area contributed by atoms with Crippen LogP contribution in [0.25, 0.3) is 0 Å². The molecule has 3 nitrogen and oxygen atoms in total. The number of hydrogen-bond acceptors (Lipinski definition) is 2. The lowest BCUT2D eigenvalue weighted by Gasteiger charge is -2.10. The van der Waals surface area contributed by atoms with Crippen molar-refractivity contribution in [3.63, 3.8) is 0 Å². The zero-order chi connectivity index (χ0) is 13.1. The summed E-state index contributed by atoms with van der Waals surface area (Å²) >= 11 is 9.14. The van der Waals surface area contributed by atoms with Crippen LogP contribution in [0.5, 0.6) is 0 Å². The van der Waals surface area contributed by atoms with Crippen LogP contribution in [0.2, 0.25) is 5.02 Å². The molecule has 0 aromatic heterocycles.